The first-order valence-corrected chi connectivity index (χ1v) is 4.80. The summed E-state index contributed by atoms with van der Waals surface area (Å²) in [5.74, 6) is 2.04. The van der Waals surface area contributed by atoms with Crippen molar-refractivity contribution in [2.45, 2.75) is 0 Å². The van der Waals surface area contributed by atoms with Crippen LogP contribution in [0.25, 0.3) is 6.08 Å². The van der Waals surface area contributed by atoms with Gasteiger partial charge in [-0.15, -0.1) is 11.6 Å². The normalized spacial score (nSPS) is 10.5. The molecule has 2 nitrogen and oxygen atoms in total. The molecule has 0 amide bonds. The van der Waals surface area contributed by atoms with E-state index in [2.05, 4.69) is 0 Å². The van der Waals surface area contributed by atoms with Crippen LogP contribution in [0.3, 0.4) is 0 Å². The topological polar surface area (TPSA) is 18.5 Å². The lowest BCUT2D eigenvalue weighted by atomic mass is 10.1. The van der Waals surface area contributed by atoms with Gasteiger partial charge in [-0.1, -0.05) is 18.2 Å². The second kappa shape index (κ2) is 5.55. The van der Waals surface area contributed by atoms with Crippen molar-refractivity contribution in [3.05, 3.63) is 29.8 Å². The van der Waals surface area contributed by atoms with Gasteiger partial charge in [0, 0.05) is 5.88 Å². The molecular formula is C11H13ClO2. The molecule has 0 aromatic heterocycles. The van der Waals surface area contributed by atoms with Gasteiger partial charge in [0.15, 0.2) is 0 Å². The molecule has 0 atom stereocenters. The van der Waals surface area contributed by atoms with Crippen LogP contribution in [0.15, 0.2) is 24.3 Å². The molecule has 0 N–H and O–H groups in total. The highest BCUT2D eigenvalue weighted by atomic mass is 35.5. The van der Waals surface area contributed by atoms with Gasteiger partial charge >= 0.3 is 0 Å². The van der Waals surface area contributed by atoms with E-state index in [1.54, 1.807) is 14.2 Å². The second-order valence-electron chi connectivity index (χ2n) is 2.63. The third-order valence-electron chi connectivity index (χ3n) is 1.84. The summed E-state index contributed by atoms with van der Waals surface area (Å²) in [4.78, 5) is 0. The molecule has 76 valence electrons. The van der Waals surface area contributed by atoms with Gasteiger partial charge in [-0.25, -0.2) is 0 Å². The average Bonchev–Trinajstić information content (AvgIpc) is 2.25. The third-order valence-corrected chi connectivity index (χ3v) is 2.02. The van der Waals surface area contributed by atoms with Gasteiger partial charge in [0.05, 0.1) is 19.8 Å². The summed E-state index contributed by atoms with van der Waals surface area (Å²) in [6.45, 7) is 0. The first-order chi connectivity index (χ1) is 6.83. The van der Waals surface area contributed by atoms with E-state index in [4.69, 9.17) is 21.1 Å². The second-order valence-corrected chi connectivity index (χ2v) is 2.94. The van der Waals surface area contributed by atoms with Crippen molar-refractivity contribution >= 4 is 17.7 Å². The van der Waals surface area contributed by atoms with E-state index in [0.717, 1.165) is 17.1 Å². The Labute approximate surface area is 89.1 Å². The fraction of sp³-hybridized carbons (Fsp3) is 0.273. The zero-order valence-electron chi connectivity index (χ0n) is 8.29. The molecular weight excluding hydrogens is 200 g/mol. The lowest BCUT2D eigenvalue weighted by Crippen LogP contribution is -1.91. The number of methoxy groups -OCH3 is 2. The van der Waals surface area contributed by atoms with Gasteiger partial charge < -0.3 is 9.47 Å². The van der Waals surface area contributed by atoms with Crippen LogP contribution >= 0.6 is 11.6 Å². The fourth-order valence-electron chi connectivity index (χ4n) is 1.21. The molecule has 1 rings (SSSR count). The summed E-state index contributed by atoms with van der Waals surface area (Å²) in [5.41, 5.74) is 0.915. The van der Waals surface area contributed by atoms with Gasteiger partial charge in [0.25, 0.3) is 0 Å². The maximum absolute atomic E-state index is 5.57. The largest absolute Gasteiger partial charge is 0.496 e. The minimum Gasteiger partial charge on any atom is -0.496 e. The summed E-state index contributed by atoms with van der Waals surface area (Å²) < 4.78 is 10.4. The molecule has 0 heterocycles. The molecule has 1 aromatic rings. The van der Waals surface area contributed by atoms with Crippen molar-refractivity contribution in [2.75, 3.05) is 20.1 Å². The van der Waals surface area contributed by atoms with Crippen LogP contribution in [0.1, 0.15) is 5.56 Å². The zero-order chi connectivity index (χ0) is 10.4. The molecule has 0 unspecified atom stereocenters. The van der Waals surface area contributed by atoms with Crippen molar-refractivity contribution in [1.29, 1.82) is 0 Å². The third kappa shape index (κ3) is 2.42. The van der Waals surface area contributed by atoms with E-state index in [-0.39, 0.29) is 0 Å². The SMILES string of the molecule is COc1cccc(OC)c1/C=C/CCl. The predicted molar refractivity (Wildman–Crippen MR) is 59.3 cm³/mol. The number of benzene rings is 1. The number of rotatable bonds is 4. The first-order valence-electron chi connectivity index (χ1n) is 4.27. The molecule has 0 saturated heterocycles. The highest BCUT2D eigenvalue weighted by Gasteiger charge is 2.05. The van der Waals surface area contributed by atoms with E-state index in [9.17, 15) is 0 Å². The number of hydrogen-bond donors (Lipinski definition) is 0. The maximum Gasteiger partial charge on any atom is 0.129 e. The lowest BCUT2D eigenvalue weighted by molar-refractivity contribution is 0.392. The van der Waals surface area contributed by atoms with Crippen LogP contribution in [0.5, 0.6) is 11.5 Å². The molecule has 0 saturated carbocycles. The Hall–Kier alpha value is -1.15. The van der Waals surface area contributed by atoms with Crippen LogP contribution in [-0.4, -0.2) is 20.1 Å². The standard InChI is InChI=1S/C11H13ClO2/c1-13-10-6-3-7-11(14-2)9(10)5-4-8-12/h3-7H,8H2,1-2H3/b5-4+. The average molecular weight is 213 g/mol. The zero-order valence-corrected chi connectivity index (χ0v) is 9.04. The Kier molecular flexibility index (Phi) is 4.33. The molecule has 0 aliphatic heterocycles. The minimum absolute atomic E-state index is 0.473. The van der Waals surface area contributed by atoms with E-state index in [1.807, 2.05) is 30.4 Å². The first kappa shape index (κ1) is 10.9. The van der Waals surface area contributed by atoms with Gasteiger partial charge in [-0.2, -0.15) is 0 Å². The van der Waals surface area contributed by atoms with E-state index in [1.165, 1.54) is 0 Å². The smallest absolute Gasteiger partial charge is 0.129 e. The van der Waals surface area contributed by atoms with Crippen LogP contribution in [-0.2, 0) is 0 Å². The van der Waals surface area contributed by atoms with Gasteiger partial charge in [0.2, 0.25) is 0 Å². The van der Waals surface area contributed by atoms with Crippen molar-refractivity contribution in [1.82, 2.24) is 0 Å². The highest BCUT2D eigenvalue weighted by Crippen LogP contribution is 2.29. The minimum atomic E-state index is 0.473. The van der Waals surface area contributed by atoms with Crippen molar-refractivity contribution < 1.29 is 9.47 Å². The van der Waals surface area contributed by atoms with Crippen LogP contribution in [0.2, 0.25) is 0 Å². The number of allylic oxidation sites excluding steroid dienone is 1. The van der Waals surface area contributed by atoms with Gasteiger partial charge in [0.1, 0.15) is 11.5 Å². The summed E-state index contributed by atoms with van der Waals surface area (Å²) in [7, 11) is 3.26. The lowest BCUT2D eigenvalue weighted by Gasteiger charge is -2.09. The Morgan fingerprint density at radius 2 is 1.79 bits per heavy atom. The summed E-state index contributed by atoms with van der Waals surface area (Å²) >= 11 is 5.57. The number of alkyl halides is 1. The highest BCUT2D eigenvalue weighted by molar-refractivity contribution is 6.19. The Morgan fingerprint density at radius 1 is 1.21 bits per heavy atom. The van der Waals surface area contributed by atoms with Crippen molar-refractivity contribution in [3.8, 4) is 11.5 Å². The van der Waals surface area contributed by atoms with E-state index >= 15 is 0 Å². The molecule has 14 heavy (non-hydrogen) atoms. The molecule has 0 aliphatic carbocycles. The number of hydrogen-bond acceptors (Lipinski definition) is 2. The summed E-state index contributed by atoms with van der Waals surface area (Å²) in [6, 6.07) is 5.66. The monoisotopic (exact) mass is 212 g/mol. The van der Waals surface area contributed by atoms with Gasteiger partial charge in [-0.3, -0.25) is 0 Å². The molecule has 3 heteroatoms. The van der Waals surface area contributed by atoms with Crippen molar-refractivity contribution in [2.24, 2.45) is 0 Å². The molecule has 1 aromatic carbocycles. The summed E-state index contributed by atoms with van der Waals surface area (Å²) in [6.07, 6.45) is 3.74. The molecule has 0 radical (unpaired) electrons. The Balaban J connectivity index is 3.12. The maximum atomic E-state index is 5.57. The van der Waals surface area contributed by atoms with E-state index in [0.29, 0.717) is 5.88 Å². The molecule has 0 spiro atoms. The molecule has 0 aliphatic rings. The Morgan fingerprint density at radius 3 is 2.21 bits per heavy atom. The summed E-state index contributed by atoms with van der Waals surface area (Å²) in [5, 5.41) is 0. The number of halogens is 1. The van der Waals surface area contributed by atoms with Crippen LogP contribution in [0, 0.1) is 0 Å². The molecule has 0 fully saturated rings. The predicted octanol–water partition coefficient (Wildman–Crippen LogP) is 2.96. The fourth-order valence-corrected chi connectivity index (χ4v) is 1.30. The Bertz CT molecular complexity index is 299. The van der Waals surface area contributed by atoms with Crippen LogP contribution in [0.4, 0.5) is 0 Å². The molecule has 0 bridgehead atoms. The quantitative estimate of drug-likeness (QED) is 0.715. The van der Waals surface area contributed by atoms with Gasteiger partial charge in [-0.05, 0) is 12.1 Å². The van der Waals surface area contributed by atoms with Crippen LogP contribution < -0.4 is 9.47 Å². The van der Waals surface area contributed by atoms with E-state index < -0.39 is 0 Å². The van der Waals surface area contributed by atoms with Crippen molar-refractivity contribution in [3.63, 3.8) is 0 Å². The number of ether oxygens (including phenoxy) is 2.